The van der Waals surface area contributed by atoms with E-state index in [9.17, 15) is 0 Å². The van der Waals surface area contributed by atoms with Gasteiger partial charge in [0.05, 0.1) is 36.2 Å². The van der Waals surface area contributed by atoms with Crippen LogP contribution in [0.5, 0.6) is 0 Å². The van der Waals surface area contributed by atoms with Crippen LogP contribution >= 0.6 is 0 Å². The number of rotatable bonds is 7. The molecule has 150 valence electrons. The van der Waals surface area contributed by atoms with Gasteiger partial charge in [-0.2, -0.15) is 5.10 Å². The standard InChI is InChI=1S/C23H27N5O/c1-16(2)10-20-11-21(29-26-20)14-27-15-24-22(18-8-6-5-7-9-18)23(27)19-12-25-28(13-19)17(3)4/h5-9,11-13,15-17H,10,14H2,1-4H3. The van der Waals surface area contributed by atoms with Crippen molar-refractivity contribution in [2.75, 3.05) is 0 Å². The first-order valence-electron chi connectivity index (χ1n) is 10.1. The largest absolute Gasteiger partial charge is 0.359 e. The van der Waals surface area contributed by atoms with E-state index in [1.807, 2.05) is 41.5 Å². The Hall–Kier alpha value is -3.15. The average Bonchev–Trinajstić information content (AvgIpc) is 3.42. The quantitative estimate of drug-likeness (QED) is 0.434. The van der Waals surface area contributed by atoms with Crippen molar-refractivity contribution in [1.29, 1.82) is 0 Å². The van der Waals surface area contributed by atoms with Crippen LogP contribution in [0.2, 0.25) is 0 Å². The molecule has 0 fully saturated rings. The van der Waals surface area contributed by atoms with Crippen molar-refractivity contribution in [2.24, 2.45) is 5.92 Å². The molecule has 0 radical (unpaired) electrons. The van der Waals surface area contributed by atoms with E-state index in [1.54, 1.807) is 0 Å². The molecule has 6 heteroatoms. The Morgan fingerprint density at radius 1 is 1.03 bits per heavy atom. The summed E-state index contributed by atoms with van der Waals surface area (Å²) >= 11 is 0. The maximum absolute atomic E-state index is 5.60. The lowest BCUT2D eigenvalue weighted by atomic mass is 10.1. The van der Waals surface area contributed by atoms with Crippen LogP contribution in [0.3, 0.4) is 0 Å². The van der Waals surface area contributed by atoms with Gasteiger partial charge in [-0.25, -0.2) is 4.98 Å². The highest BCUT2D eigenvalue weighted by atomic mass is 16.5. The van der Waals surface area contributed by atoms with Crippen molar-refractivity contribution in [3.63, 3.8) is 0 Å². The zero-order valence-electron chi connectivity index (χ0n) is 17.4. The van der Waals surface area contributed by atoms with E-state index < -0.39 is 0 Å². The van der Waals surface area contributed by atoms with Crippen molar-refractivity contribution in [1.82, 2.24) is 24.5 Å². The highest BCUT2D eigenvalue weighted by Gasteiger charge is 2.18. The summed E-state index contributed by atoms with van der Waals surface area (Å²) < 4.78 is 9.68. The Kier molecular flexibility index (Phi) is 5.34. The van der Waals surface area contributed by atoms with Crippen LogP contribution in [-0.4, -0.2) is 24.5 Å². The van der Waals surface area contributed by atoms with Crippen LogP contribution in [0.15, 0.2) is 59.6 Å². The maximum atomic E-state index is 5.60. The number of imidazole rings is 1. The first-order chi connectivity index (χ1) is 14.0. The lowest BCUT2D eigenvalue weighted by molar-refractivity contribution is 0.368. The van der Waals surface area contributed by atoms with Crippen molar-refractivity contribution < 1.29 is 4.52 Å². The smallest absolute Gasteiger partial charge is 0.156 e. The number of benzene rings is 1. The van der Waals surface area contributed by atoms with Crippen LogP contribution in [0, 0.1) is 5.92 Å². The fraction of sp³-hybridized carbons (Fsp3) is 0.348. The molecule has 6 nitrogen and oxygen atoms in total. The van der Waals surface area contributed by atoms with Gasteiger partial charge in [0, 0.05) is 29.4 Å². The van der Waals surface area contributed by atoms with Gasteiger partial charge >= 0.3 is 0 Å². The minimum absolute atomic E-state index is 0.299. The summed E-state index contributed by atoms with van der Waals surface area (Å²) in [4.78, 5) is 4.73. The van der Waals surface area contributed by atoms with Gasteiger partial charge in [-0.05, 0) is 26.2 Å². The molecule has 0 atom stereocenters. The molecule has 0 amide bonds. The minimum atomic E-state index is 0.299. The Balaban J connectivity index is 1.73. The normalized spacial score (nSPS) is 11.7. The zero-order valence-corrected chi connectivity index (χ0v) is 17.4. The van der Waals surface area contributed by atoms with E-state index in [4.69, 9.17) is 9.51 Å². The van der Waals surface area contributed by atoms with Gasteiger partial charge in [-0.1, -0.05) is 49.3 Å². The second kappa shape index (κ2) is 8.07. The molecule has 4 aromatic rings. The predicted octanol–water partition coefficient (Wildman–Crippen LogP) is 5.23. The molecule has 0 aliphatic heterocycles. The van der Waals surface area contributed by atoms with E-state index in [2.05, 4.69) is 60.8 Å². The third-order valence-electron chi connectivity index (χ3n) is 4.84. The molecular weight excluding hydrogens is 362 g/mol. The average molecular weight is 390 g/mol. The molecule has 3 heterocycles. The third kappa shape index (κ3) is 4.16. The van der Waals surface area contributed by atoms with Gasteiger partial charge in [0.15, 0.2) is 5.76 Å². The van der Waals surface area contributed by atoms with Crippen LogP contribution < -0.4 is 0 Å². The van der Waals surface area contributed by atoms with Gasteiger partial charge < -0.3 is 9.09 Å². The van der Waals surface area contributed by atoms with Crippen LogP contribution in [0.4, 0.5) is 0 Å². The molecule has 4 rings (SSSR count). The molecule has 0 saturated heterocycles. The van der Waals surface area contributed by atoms with Gasteiger partial charge in [0.25, 0.3) is 0 Å². The van der Waals surface area contributed by atoms with E-state index in [0.29, 0.717) is 18.5 Å². The SMILES string of the molecule is CC(C)Cc1cc(Cn2cnc(-c3ccccc3)c2-c2cnn(C(C)C)c2)on1. The molecule has 3 aromatic heterocycles. The lowest BCUT2D eigenvalue weighted by Gasteiger charge is -2.08. The Morgan fingerprint density at radius 3 is 2.52 bits per heavy atom. The third-order valence-corrected chi connectivity index (χ3v) is 4.84. The molecule has 0 aliphatic rings. The highest BCUT2D eigenvalue weighted by molar-refractivity contribution is 5.78. The van der Waals surface area contributed by atoms with Crippen molar-refractivity contribution in [2.45, 2.75) is 46.7 Å². The molecule has 0 aliphatic carbocycles. The molecule has 1 aromatic carbocycles. The van der Waals surface area contributed by atoms with E-state index in [0.717, 1.165) is 40.4 Å². The fourth-order valence-electron chi connectivity index (χ4n) is 3.47. The Labute approximate surface area is 171 Å². The second-order valence-corrected chi connectivity index (χ2v) is 8.12. The second-order valence-electron chi connectivity index (χ2n) is 8.12. The summed E-state index contributed by atoms with van der Waals surface area (Å²) in [7, 11) is 0. The summed E-state index contributed by atoms with van der Waals surface area (Å²) in [6.45, 7) is 9.18. The van der Waals surface area contributed by atoms with Gasteiger partial charge in [-0.3, -0.25) is 4.68 Å². The van der Waals surface area contributed by atoms with Crippen molar-refractivity contribution >= 4 is 0 Å². The van der Waals surface area contributed by atoms with E-state index in [1.165, 1.54) is 0 Å². The van der Waals surface area contributed by atoms with Gasteiger partial charge in [-0.15, -0.1) is 0 Å². The molecule has 0 spiro atoms. The van der Waals surface area contributed by atoms with E-state index in [-0.39, 0.29) is 0 Å². The number of aromatic nitrogens is 5. The number of nitrogens with zero attached hydrogens (tertiary/aromatic N) is 5. The summed E-state index contributed by atoms with van der Waals surface area (Å²) in [5.74, 6) is 1.37. The fourth-order valence-corrected chi connectivity index (χ4v) is 3.47. The Morgan fingerprint density at radius 2 is 1.83 bits per heavy atom. The first-order valence-corrected chi connectivity index (χ1v) is 10.1. The molecular formula is C23H27N5O. The lowest BCUT2D eigenvalue weighted by Crippen LogP contribution is -2.01. The molecule has 0 saturated carbocycles. The molecule has 0 N–H and O–H groups in total. The van der Waals surface area contributed by atoms with Crippen LogP contribution in [0.25, 0.3) is 22.5 Å². The van der Waals surface area contributed by atoms with Crippen molar-refractivity contribution in [3.05, 3.63) is 66.6 Å². The number of hydrogen-bond donors (Lipinski definition) is 0. The number of hydrogen-bond acceptors (Lipinski definition) is 4. The van der Waals surface area contributed by atoms with Gasteiger partial charge in [0.2, 0.25) is 0 Å². The summed E-state index contributed by atoms with van der Waals surface area (Å²) in [6, 6.07) is 12.6. The Bertz CT molecular complexity index is 1070. The maximum Gasteiger partial charge on any atom is 0.156 e. The first kappa shape index (κ1) is 19.2. The highest BCUT2D eigenvalue weighted by Crippen LogP contribution is 2.32. The van der Waals surface area contributed by atoms with Crippen molar-refractivity contribution in [3.8, 4) is 22.5 Å². The van der Waals surface area contributed by atoms with E-state index >= 15 is 0 Å². The summed E-state index contributed by atoms with van der Waals surface area (Å²) in [5, 5.41) is 8.75. The minimum Gasteiger partial charge on any atom is -0.359 e. The molecule has 0 bridgehead atoms. The molecule has 29 heavy (non-hydrogen) atoms. The van der Waals surface area contributed by atoms with Gasteiger partial charge in [0.1, 0.15) is 0 Å². The topological polar surface area (TPSA) is 61.7 Å². The monoisotopic (exact) mass is 389 g/mol. The summed E-state index contributed by atoms with van der Waals surface area (Å²) in [5.41, 5.74) is 5.09. The zero-order chi connectivity index (χ0) is 20.4. The molecule has 0 unspecified atom stereocenters. The summed E-state index contributed by atoms with van der Waals surface area (Å²) in [6.07, 6.45) is 6.77. The predicted molar refractivity (Wildman–Crippen MR) is 113 cm³/mol. The van der Waals surface area contributed by atoms with Crippen LogP contribution in [-0.2, 0) is 13.0 Å². The van der Waals surface area contributed by atoms with Crippen LogP contribution in [0.1, 0.15) is 45.2 Å².